The number of carbonyl (C=O) groups excluding carboxylic acids is 1. The van der Waals surface area contributed by atoms with Crippen LogP contribution in [0.15, 0.2) is 9.79 Å². The van der Waals surface area contributed by atoms with E-state index in [4.69, 9.17) is 4.74 Å². The third kappa shape index (κ3) is 3.20. The van der Waals surface area contributed by atoms with Gasteiger partial charge in [0, 0.05) is 18.7 Å². The molecule has 0 saturated heterocycles. The average molecular weight is 333 g/mol. The van der Waals surface area contributed by atoms with Crippen molar-refractivity contribution in [1.82, 2.24) is 9.55 Å². The van der Waals surface area contributed by atoms with Crippen molar-refractivity contribution < 1.29 is 14.3 Å². The number of aliphatic imine (C=N–C) groups is 1. The van der Waals surface area contributed by atoms with Gasteiger partial charge < -0.3 is 9.47 Å². The van der Waals surface area contributed by atoms with Crippen LogP contribution < -0.4 is 10.3 Å². The lowest BCUT2D eigenvalue weighted by molar-refractivity contribution is -0.143. The van der Waals surface area contributed by atoms with E-state index in [1.807, 2.05) is 6.92 Å². The summed E-state index contributed by atoms with van der Waals surface area (Å²) in [5.41, 5.74) is 1.61. The molecule has 7 heteroatoms. The van der Waals surface area contributed by atoms with E-state index in [2.05, 4.69) is 14.7 Å². The molecule has 0 amide bonds. The van der Waals surface area contributed by atoms with Gasteiger partial charge in [-0.25, -0.2) is 9.79 Å². The Labute approximate surface area is 140 Å². The van der Waals surface area contributed by atoms with Crippen LogP contribution >= 0.6 is 0 Å². The highest BCUT2D eigenvalue weighted by atomic mass is 16.6. The predicted molar refractivity (Wildman–Crippen MR) is 89.1 cm³/mol. The van der Waals surface area contributed by atoms with E-state index in [1.165, 1.54) is 24.5 Å². The Balaban J connectivity index is 1.91. The summed E-state index contributed by atoms with van der Waals surface area (Å²) in [4.78, 5) is 33.1. The van der Waals surface area contributed by atoms with Gasteiger partial charge in [0.2, 0.25) is 0 Å². The van der Waals surface area contributed by atoms with Crippen LogP contribution in [0.2, 0.25) is 0 Å². The summed E-state index contributed by atoms with van der Waals surface area (Å²) in [7, 11) is 1.29. The molecular weight excluding hydrogens is 310 g/mol. The van der Waals surface area contributed by atoms with E-state index in [0.29, 0.717) is 30.3 Å². The molecule has 3 rings (SSSR count). The minimum Gasteiger partial charge on any atom is -0.466 e. The minimum absolute atomic E-state index is 0.113. The highest BCUT2D eigenvalue weighted by Gasteiger charge is 2.29. The lowest BCUT2D eigenvalue weighted by Gasteiger charge is -2.12. The first kappa shape index (κ1) is 16.7. The van der Waals surface area contributed by atoms with E-state index in [0.717, 1.165) is 25.0 Å². The molecule has 0 bridgehead atoms. The van der Waals surface area contributed by atoms with Gasteiger partial charge in [-0.15, -0.1) is 0 Å². The fourth-order valence-electron chi connectivity index (χ4n) is 3.38. The predicted octanol–water partition coefficient (Wildman–Crippen LogP) is 2.02. The van der Waals surface area contributed by atoms with Gasteiger partial charge >= 0.3 is 12.0 Å². The molecule has 2 aliphatic rings. The Morgan fingerprint density at radius 3 is 2.75 bits per heavy atom. The van der Waals surface area contributed by atoms with Crippen LogP contribution in [0, 0.1) is 5.92 Å². The van der Waals surface area contributed by atoms with E-state index in [-0.39, 0.29) is 18.2 Å². The van der Waals surface area contributed by atoms with Crippen LogP contribution in [-0.4, -0.2) is 34.9 Å². The Morgan fingerprint density at radius 2 is 2.08 bits per heavy atom. The number of hydrogen-bond donors (Lipinski definition) is 0. The average Bonchev–Trinajstić information content (AvgIpc) is 3.24. The molecule has 1 aliphatic carbocycles. The zero-order valence-electron chi connectivity index (χ0n) is 14.2. The van der Waals surface area contributed by atoms with Crippen molar-refractivity contribution in [3.63, 3.8) is 0 Å². The molecule has 1 aliphatic heterocycles. The van der Waals surface area contributed by atoms with Crippen LogP contribution in [0.25, 0.3) is 0 Å². The van der Waals surface area contributed by atoms with Crippen LogP contribution in [0.5, 0.6) is 6.01 Å². The van der Waals surface area contributed by atoms with Gasteiger partial charge in [0.15, 0.2) is 12.4 Å². The van der Waals surface area contributed by atoms with Crippen LogP contribution in [0.4, 0.5) is 5.82 Å². The first-order chi connectivity index (χ1) is 11.6. The van der Waals surface area contributed by atoms with Crippen molar-refractivity contribution in [3.8, 4) is 6.01 Å². The lowest BCUT2D eigenvalue weighted by Crippen LogP contribution is -2.28. The number of hydrogen-bond acceptors (Lipinski definition) is 6. The van der Waals surface area contributed by atoms with Crippen LogP contribution in [0.3, 0.4) is 0 Å². The van der Waals surface area contributed by atoms with Gasteiger partial charge in [-0.05, 0) is 25.2 Å². The molecule has 7 nitrogen and oxygen atoms in total. The van der Waals surface area contributed by atoms with E-state index < -0.39 is 5.97 Å². The molecule has 0 aromatic carbocycles. The van der Waals surface area contributed by atoms with Crippen molar-refractivity contribution >= 4 is 17.5 Å². The Bertz CT molecular complexity index is 717. The highest BCUT2D eigenvalue weighted by Crippen LogP contribution is 2.33. The van der Waals surface area contributed by atoms with Gasteiger partial charge in [0.05, 0.1) is 12.7 Å². The highest BCUT2D eigenvalue weighted by molar-refractivity contribution is 5.95. The Kier molecular flexibility index (Phi) is 4.97. The monoisotopic (exact) mass is 333 g/mol. The van der Waals surface area contributed by atoms with Crippen molar-refractivity contribution in [1.29, 1.82) is 0 Å². The smallest absolute Gasteiger partial charge is 0.344 e. The van der Waals surface area contributed by atoms with Gasteiger partial charge in [-0.1, -0.05) is 19.8 Å². The Hall–Kier alpha value is -2.18. The zero-order chi connectivity index (χ0) is 17.1. The standard InChI is InChI=1S/C17H23N3O4/c1-3-8-20-16(22)12-9-13(11-6-4-5-7-11)18-15(12)19-17(20)24-10-14(21)23-2/h11H,3-10H2,1-2H3. The lowest BCUT2D eigenvalue weighted by atomic mass is 9.98. The van der Waals surface area contributed by atoms with Gasteiger partial charge in [-0.3, -0.25) is 9.36 Å². The number of esters is 1. The molecule has 1 fully saturated rings. The molecule has 0 atom stereocenters. The second-order valence-corrected chi connectivity index (χ2v) is 6.28. The van der Waals surface area contributed by atoms with E-state index in [1.54, 1.807) is 0 Å². The van der Waals surface area contributed by atoms with Crippen LogP contribution in [-0.2, 0) is 22.5 Å². The third-order valence-corrected chi connectivity index (χ3v) is 4.63. The molecule has 2 heterocycles. The Morgan fingerprint density at radius 1 is 1.33 bits per heavy atom. The summed E-state index contributed by atoms with van der Waals surface area (Å²) in [5, 5.41) is 0. The number of rotatable bonds is 6. The number of nitrogens with zero attached hydrogens (tertiary/aromatic N) is 3. The molecule has 0 spiro atoms. The molecule has 1 aromatic heterocycles. The molecule has 0 unspecified atom stereocenters. The summed E-state index contributed by atoms with van der Waals surface area (Å²) in [6.45, 7) is 2.20. The van der Waals surface area contributed by atoms with Crippen molar-refractivity contribution in [2.45, 2.75) is 52.0 Å². The maximum absolute atomic E-state index is 12.8. The summed E-state index contributed by atoms with van der Waals surface area (Å²) < 4.78 is 11.5. The maximum Gasteiger partial charge on any atom is 0.344 e. The maximum atomic E-state index is 12.8. The van der Waals surface area contributed by atoms with E-state index in [9.17, 15) is 9.59 Å². The number of aromatic nitrogens is 2. The van der Waals surface area contributed by atoms with Gasteiger partial charge in [-0.2, -0.15) is 4.98 Å². The SMILES string of the molecule is CCCn1c(OCC(=O)OC)nc2c(c1=O)CC(C1CCCC1)=N2. The van der Waals surface area contributed by atoms with Crippen molar-refractivity contribution in [2.24, 2.45) is 10.9 Å². The number of fused-ring (bicyclic) bond motifs is 1. The normalized spacial score (nSPS) is 16.8. The summed E-state index contributed by atoms with van der Waals surface area (Å²) >= 11 is 0. The molecule has 24 heavy (non-hydrogen) atoms. The molecule has 0 N–H and O–H groups in total. The first-order valence-corrected chi connectivity index (χ1v) is 8.54. The van der Waals surface area contributed by atoms with Crippen molar-refractivity contribution in [2.75, 3.05) is 13.7 Å². The van der Waals surface area contributed by atoms with E-state index >= 15 is 0 Å². The molecular formula is C17H23N3O4. The van der Waals surface area contributed by atoms with Gasteiger partial charge in [0.25, 0.3) is 5.56 Å². The number of carbonyl (C=O) groups is 1. The summed E-state index contributed by atoms with van der Waals surface area (Å²) in [5.74, 6) is 0.412. The zero-order valence-corrected chi connectivity index (χ0v) is 14.2. The molecule has 1 aromatic rings. The van der Waals surface area contributed by atoms with Gasteiger partial charge in [0.1, 0.15) is 0 Å². The fraction of sp³-hybridized carbons (Fsp3) is 0.647. The fourth-order valence-corrected chi connectivity index (χ4v) is 3.38. The second-order valence-electron chi connectivity index (χ2n) is 6.28. The molecule has 130 valence electrons. The first-order valence-electron chi connectivity index (χ1n) is 8.54. The minimum atomic E-state index is -0.511. The summed E-state index contributed by atoms with van der Waals surface area (Å²) in [6, 6.07) is 0.141. The largest absolute Gasteiger partial charge is 0.466 e. The number of methoxy groups -OCH3 is 1. The second kappa shape index (κ2) is 7.15. The molecule has 0 radical (unpaired) electrons. The number of ether oxygens (including phenoxy) is 2. The molecule has 1 saturated carbocycles. The van der Waals surface area contributed by atoms with Crippen LogP contribution in [0.1, 0.15) is 44.6 Å². The quantitative estimate of drug-likeness (QED) is 0.744. The third-order valence-electron chi connectivity index (χ3n) is 4.63. The van der Waals surface area contributed by atoms with Crippen molar-refractivity contribution in [3.05, 3.63) is 15.9 Å². The topological polar surface area (TPSA) is 82.8 Å². The summed E-state index contributed by atoms with van der Waals surface area (Å²) in [6.07, 6.45) is 6.09.